The van der Waals surface area contributed by atoms with Gasteiger partial charge in [0.15, 0.2) is 0 Å². The Morgan fingerprint density at radius 3 is 2.61 bits per heavy atom. The van der Waals surface area contributed by atoms with Gasteiger partial charge in [0, 0.05) is 6.54 Å². The Balaban J connectivity index is 1.86. The molecule has 0 aliphatic carbocycles. The van der Waals surface area contributed by atoms with Gasteiger partial charge in [0.2, 0.25) is 0 Å². The lowest BCUT2D eigenvalue weighted by molar-refractivity contribution is 0.0955. The predicted molar refractivity (Wildman–Crippen MR) is 113 cm³/mol. The molecule has 2 aromatic heterocycles. The number of carbonyl (C=O) groups is 1. The molecule has 28 heavy (non-hydrogen) atoms. The van der Waals surface area contributed by atoms with Gasteiger partial charge < -0.3 is 5.32 Å². The molecule has 0 atom stereocenters. The Morgan fingerprint density at radius 1 is 1.18 bits per heavy atom. The maximum Gasteiger partial charge on any atom is 0.263 e. The largest absolute Gasteiger partial charge is 0.351 e. The topological polar surface area (TPSA) is 72.7 Å². The van der Waals surface area contributed by atoms with Gasteiger partial charge >= 0.3 is 0 Å². The Hall–Kier alpha value is -2.54. The third-order valence-electron chi connectivity index (χ3n) is 4.84. The monoisotopic (exact) mass is 397 g/mol. The van der Waals surface area contributed by atoms with Gasteiger partial charge in [0.1, 0.15) is 15.6 Å². The van der Waals surface area contributed by atoms with Crippen molar-refractivity contribution in [1.29, 1.82) is 0 Å². The van der Waals surface area contributed by atoms with Crippen LogP contribution in [-0.2, 0) is 0 Å². The number of amides is 1. The van der Waals surface area contributed by atoms with E-state index >= 15 is 0 Å². The van der Waals surface area contributed by atoms with Gasteiger partial charge in [-0.05, 0) is 63.3 Å². The zero-order valence-corrected chi connectivity index (χ0v) is 18.1. The van der Waals surface area contributed by atoms with Crippen LogP contribution in [0, 0.1) is 33.6 Å². The van der Waals surface area contributed by atoms with Crippen LogP contribution in [0.2, 0.25) is 0 Å². The van der Waals surface area contributed by atoms with Gasteiger partial charge in [-0.2, -0.15) is 0 Å². The molecular formula is C21H27N5OS. The summed E-state index contributed by atoms with van der Waals surface area (Å²) in [5.41, 5.74) is 5.77. The highest BCUT2D eigenvalue weighted by Gasteiger charge is 2.20. The maximum atomic E-state index is 12.5. The summed E-state index contributed by atoms with van der Waals surface area (Å²) in [5.74, 6) is 0.489. The number of hydrogen-bond acceptors (Lipinski definition) is 5. The minimum absolute atomic E-state index is 0.0684. The van der Waals surface area contributed by atoms with Gasteiger partial charge in [-0.1, -0.05) is 25.1 Å². The van der Waals surface area contributed by atoms with Crippen LogP contribution >= 0.6 is 11.3 Å². The highest BCUT2D eigenvalue weighted by atomic mass is 32.1. The van der Waals surface area contributed by atoms with Crippen LogP contribution in [0.3, 0.4) is 0 Å². The van der Waals surface area contributed by atoms with Crippen LogP contribution in [0.1, 0.15) is 52.5 Å². The number of carbonyl (C=O) groups excluding carboxylic acids is 1. The molecule has 0 aliphatic heterocycles. The van der Waals surface area contributed by atoms with Crippen LogP contribution in [0.4, 0.5) is 0 Å². The second kappa shape index (κ2) is 8.22. The summed E-state index contributed by atoms with van der Waals surface area (Å²) in [5, 5.41) is 12.4. The molecule has 7 heteroatoms. The number of hydrogen-bond donors (Lipinski definition) is 1. The van der Waals surface area contributed by atoms with Crippen LogP contribution < -0.4 is 5.32 Å². The molecule has 0 saturated carbocycles. The van der Waals surface area contributed by atoms with Crippen molar-refractivity contribution in [3.8, 4) is 16.4 Å². The Morgan fingerprint density at radius 2 is 1.93 bits per heavy atom. The normalized spacial score (nSPS) is 11.2. The van der Waals surface area contributed by atoms with E-state index in [1.165, 1.54) is 22.5 Å². The van der Waals surface area contributed by atoms with Crippen LogP contribution in [0.25, 0.3) is 16.4 Å². The molecule has 1 N–H and O–H groups in total. The summed E-state index contributed by atoms with van der Waals surface area (Å²) in [6.07, 6.45) is 0.958. The molecule has 2 heterocycles. The lowest BCUT2D eigenvalue weighted by Gasteiger charge is -2.06. The number of aromatic nitrogens is 4. The van der Waals surface area contributed by atoms with Crippen molar-refractivity contribution in [3.63, 3.8) is 0 Å². The standard InChI is InChI=1S/C21H27N5OS/c1-12(2)9-10-22-20(27)19-15(5)23-21(28-19)18-16(6)26(25-24-18)17-8-7-13(3)14(4)11-17/h7-8,11-12H,9-10H2,1-6H3,(H,22,27). The van der Waals surface area contributed by atoms with E-state index in [-0.39, 0.29) is 5.91 Å². The summed E-state index contributed by atoms with van der Waals surface area (Å²) < 4.78 is 1.82. The maximum absolute atomic E-state index is 12.5. The number of nitrogens with zero attached hydrogens (tertiary/aromatic N) is 4. The lowest BCUT2D eigenvalue weighted by atomic mass is 10.1. The quantitative estimate of drug-likeness (QED) is 0.669. The first-order valence-corrected chi connectivity index (χ1v) is 10.4. The highest BCUT2D eigenvalue weighted by molar-refractivity contribution is 7.17. The van der Waals surface area contributed by atoms with E-state index in [1.807, 2.05) is 24.6 Å². The first-order valence-electron chi connectivity index (χ1n) is 9.53. The molecule has 0 bridgehead atoms. The SMILES string of the molecule is Cc1ccc(-n2nnc(-c3nc(C)c(C(=O)NCCC(C)C)s3)c2C)cc1C. The predicted octanol–water partition coefficient (Wildman–Crippen LogP) is 4.40. The third-order valence-corrected chi connectivity index (χ3v) is 6.01. The molecule has 1 amide bonds. The van der Waals surface area contributed by atoms with E-state index in [2.05, 4.69) is 60.4 Å². The van der Waals surface area contributed by atoms with E-state index in [0.29, 0.717) is 23.0 Å². The van der Waals surface area contributed by atoms with Gasteiger partial charge in [-0.3, -0.25) is 4.79 Å². The zero-order valence-electron chi connectivity index (χ0n) is 17.3. The minimum atomic E-state index is -0.0684. The molecule has 0 fully saturated rings. The van der Waals surface area contributed by atoms with Crippen molar-refractivity contribution < 1.29 is 4.79 Å². The van der Waals surface area contributed by atoms with Gasteiger partial charge in [0.05, 0.1) is 17.1 Å². The summed E-state index contributed by atoms with van der Waals surface area (Å²) in [7, 11) is 0. The molecule has 1 aromatic carbocycles. The van der Waals surface area contributed by atoms with Crippen LogP contribution in [0.5, 0.6) is 0 Å². The summed E-state index contributed by atoms with van der Waals surface area (Å²) in [6.45, 7) is 13.0. The first-order chi connectivity index (χ1) is 13.3. The summed E-state index contributed by atoms with van der Waals surface area (Å²) in [4.78, 5) is 17.7. The molecule has 0 radical (unpaired) electrons. The third kappa shape index (κ3) is 4.14. The molecule has 6 nitrogen and oxygen atoms in total. The lowest BCUT2D eigenvalue weighted by Crippen LogP contribution is -2.25. The van der Waals surface area contributed by atoms with Crippen molar-refractivity contribution in [2.75, 3.05) is 6.54 Å². The number of thiazole rings is 1. The van der Waals surface area contributed by atoms with E-state index < -0.39 is 0 Å². The van der Waals surface area contributed by atoms with E-state index in [4.69, 9.17) is 0 Å². The first kappa shape index (κ1) is 20.2. The van der Waals surface area contributed by atoms with Crippen molar-refractivity contribution >= 4 is 17.2 Å². The smallest absolute Gasteiger partial charge is 0.263 e. The molecule has 3 aromatic rings. The number of benzene rings is 1. The van der Waals surface area contributed by atoms with E-state index in [9.17, 15) is 4.79 Å². The average Bonchev–Trinajstić information content (AvgIpc) is 3.19. The second-order valence-electron chi connectivity index (χ2n) is 7.58. The average molecular weight is 398 g/mol. The highest BCUT2D eigenvalue weighted by Crippen LogP contribution is 2.29. The summed E-state index contributed by atoms with van der Waals surface area (Å²) in [6, 6.07) is 6.22. The van der Waals surface area contributed by atoms with E-state index in [0.717, 1.165) is 28.5 Å². The minimum Gasteiger partial charge on any atom is -0.351 e. The molecule has 3 rings (SSSR count). The fraction of sp³-hybridized carbons (Fsp3) is 0.429. The number of aryl methyl sites for hydroxylation is 3. The van der Waals surface area contributed by atoms with Crippen molar-refractivity contribution in [2.45, 2.75) is 48.0 Å². The molecule has 148 valence electrons. The fourth-order valence-corrected chi connectivity index (χ4v) is 3.91. The Labute approximate surface area is 170 Å². The van der Waals surface area contributed by atoms with Crippen molar-refractivity contribution in [3.05, 3.63) is 45.6 Å². The fourth-order valence-electron chi connectivity index (χ4n) is 2.89. The number of rotatable bonds is 6. The van der Waals surface area contributed by atoms with Crippen molar-refractivity contribution in [2.24, 2.45) is 5.92 Å². The Bertz CT molecular complexity index is 1000. The van der Waals surface area contributed by atoms with Gasteiger partial charge in [0.25, 0.3) is 5.91 Å². The molecular weight excluding hydrogens is 370 g/mol. The van der Waals surface area contributed by atoms with Crippen molar-refractivity contribution in [1.82, 2.24) is 25.3 Å². The van der Waals surface area contributed by atoms with E-state index in [1.54, 1.807) is 0 Å². The van der Waals surface area contributed by atoms with Gasteiger partial charge in [-0.25, -0.2) is 9.67 Å². The van der Waals surface area contributed by atoms with Crippen LogP contribution in [-0.4, -0.2) is 32.4 Å². The Kier molecular flexibility index (Phi) is 5.93. The van der Waals surface area contributed by atoms with Crippen LogP contribution in [0.15, 0.2) is 18.2 Å². The second-order valence-corrected chi connectivity index (χ2v) is 8.57. The molecule has 0 aliphatic rings. The molecule has 0 unspecified atom stereocenters. The molecule has 0 saturated heterocycles. The number of nitrogens with one attached hydrogen (secondary N) is 1. The zero-order chi connectivity index (χ0) is 20.4. The van der Waals surface area contributed by atoms with Gasteiger partial charge in [-0.15, -0.1) is 16.4 Å². The molecule has 0 spiro atoms. The summed E-state index contributed by atoms with van der Waals surface area (Å²) >= 11 is 1.37.